The molecule has 1 rings (SSSR count). The number of likely N-dealkylation sites (N-methyl/N-ethyl adjacent to an activating group) is 2. The van der Waals surface area contributed by atoms with Crippen molar-refractivity contribution in [3.63, 3.8) is 0 Å². The molecule has 13 heavy (non-hydrogen) atoms. The molecule has 1 saturated heterocycles. The Bertz CT molecular complexity index is 186. The van der Waals surface area contributed by atoms with Gasteiger partial charge in [0, 0.05) is 26.1 Å². The first-order valence-corrected chi connectivity index (χ1v) is 5.33. The van der Waals surface area contributed by atoms with E-state index < -0.39 is 0 Å². The molecule has 76 valence electrons. The molecule has 1 aliphatic heterocycles. The molecule has 1 amide bonds. The molecule has 1 fully saturated rings. The molecule has 1 unspecified atom stereocenters. The van der Waals surface area contributed by atoms with Crippen LogP contribution in [0.1, 0.15) is 12.8 Å². The highest BCUT2D eigenvalue weighted by Gasteiger charge is 2.25. The molecule has 1 atom stereocenters. The average Bonchev–Trinajstić information content (AvgIpc) is 2.51. The van der Waals surface area contributed by atoms with Crippen LogP contribution in [-0.2, 0) is 4.79 Å². The minimum absolute atomic E-state index is 0.218. The van der Waals surface area contributed by atoms with Gasteiger partial charge in [0.05, 0.1) is 0 Å². The number of amides is 1. The fraction of sp³-hybridized carbons (Fsp3) is 0.889. The maximum absolute atomic E-state index is 11.5. The van der Waals surface area contributed by atoms with E-state index in [9.17, 15) is 4.79 Å². The first-order chi connectivity index (χ1) is 6.15. The van der Waals surface area contributed by atoms with Crippen LogP contribution < -0.4 is 0 Å². The predicted molar refractivity (Wildman–Crippen MR) is 57.1 cm³/mol. The van der Waals surface area contributed by atoms with E-state index in [-0.39, 0.29) is 5.91 Å². The van der Waals surface area contributed by atoms with E-state index in [0.29, 0.717) is 18.2 Å². The highest BCUT2D eigenvalue weighted by Crippen LogP contribution is 2.13. The van der Waals surface area contributed by atoms with Crippen molar-refractivity contribution in [1.82, 2.24) is 9.80 Å². The van der Waals surface area contributed by atoms with E-state index >= 15 is 0 Å². The molecular formula is C9H18N2OS. The van der Waals surface area contributed by atoms with Crippen molar-refractivity contribution < 1.29 is 4.79 Å². The third-order valence-electron chi connectivity index (χ3n) is 2.63. The number of hydrogen-bond acceptors (Lipinski definition) is 3. The Labute approximate surface area is 85.5 Å². The second kappa shape index (κ2) is 4.86. The first-order valence-electron chi connectivity index (χ1n) is 4.70. The van der Waals surface area contributed by atoms with Gasteiger partial charge in [0.1, 0.15) is 0 Å². The summed E-state index contributed by atoms with van der Waals surface area (Å²) in [6.45, 7) is 2.11. The molecule has 0 aromatic carbocycles. The summed E-state index contributed by atoms with van der Waals surface area (Å²) >= 11 is 4.06. The van der Waals surface area contributed by atoms with Crippen LogP contribution >= 0.6 is 12.6 Å². The van der Waals surface area contributed by atoms with E-state index in [2.05, 4.69) is 24.6 Å². The number of nitrogens with zero attached hydrogens (tertiary/aromatic N) is 2. The first kappa shape index (κ1) is 10.9. The summed E-state index contributed by atoms with van der Waals surface area (Å²) < 4.78 is 0. The molecular weight excluding hydrogens is 184 g/mol. The van der Waals surface area contributed by atoms with Gasteiger partial charge in [-0.3, -0.25) is 4.79 Å². The molecule has 0 saturated carbocycles. The van der Waals surface area contributed by atoms with E-state index in [0.717, 1.165) is 19.5 Å². The maximum atomic E-state index is 11.5. The van der Waals surface area contributed by atoms with Gasteiger partial charge < -0.3 is 9.80 Å². The van der Waals surface area contributed by atoms with Crippen LogP contribution in [0.3, 0.4) is 0 Å². The minimum atomic E-state index is 0.218. The largest absolute Gasteiger partial charge is 0.341 e. The summed E-state index contributed by atoms with van der Waals surface area (Å²) in [7, 11) is 3.99. The minimum Gasteiger partial charge on any atom is -0.341 e. The second-order valence-electron chi connectivity index (χ2n) is 3.68. The molecule has 0 radical (unpaired) electrons. The summed E-state index contributed by atoms with van der Waals surface area (Å²) in [5, 5.41) is 0. The van der Waals surface area contributed by atoms with E-state index in [4.69, 9.17) is 0 Å². The van der Waals surface area contributed by atoms with Crippen LogP contribution in [0, 0.1) is 0 Å². The molecule has 0 spiro atoms. The van der Waals surface area contributed by atoms with Crippen LogP contribution in [0.2, 0.25) is 0 Å². The molecule has 4 heteroatoms. The molecule has 1 aliphatic rings. The smallest absolute Gasteiger partial charge is 0.223 e. The lowest BCUT2D eigenvalue weighted by atomic mass is 10.2. The molecule has 0 aromatic heterocycles. The van der Waals surface area contributed by atoms with Crippen LogP contribution in [0.25, 0.3) is 0 Å². The quantitative estimate of drug-likeness (QED) is 0.673. The monoisotopic (exact) mass is 202 g/mol. The summed E-state index contributed by atoms with van der Waals surface area (Å²) in [4.78, 5) is 15.6. The number of hydrogen-bond donors (Lipinski definition) is 1. The lowest BCUT2D eigenvalue weighted by molar-refractivity contribution is -0.131. The molecule has 1 heterocycles. The van der Waals surface area contributed by atoms with Gasteiger partial charge >= 0.3 is 0 Å². The summed E-state index contributed by atoms with van der Waals surface area (Å²) in [6.07, 6.45) is 1.66. The van der Waals surface area contributed by atoms with Crippen molar-refractivity contribution >= 4 is 18.5 Å². The topological polar surface area (TPSA) is 23.6 Å². The summed E-state index contributed by atoms with van der Waals surface area (Å²) in [5.74, 6) is 0.862. The molecule has 0 aromatic rings. The SMILES string of the molecule is CN1CCC(N(C)C(=O)CCS)C1. The van der Waals surface area contributed by atoms with Gasteiger partial charge in [-0.2, -0.15) is 12.6 Å². The highest BCUT2D eigenvalue weighted by atomic mass is 32.1. The second-order valence-corrected chi connectivity index (χ2v) is 4.13. The third kappa shape index (κ3) is 2.88. The lowest BCUT2D eigenvalue weighted by Gasteiger charge is -2.24. The average molecular weight is 202 g/mol. The van der Waals surface area contributed by atoms with Crippen molar-refractivity contribution in [3.05, 3.63) is 0 Å². The Hall–Kier alpha value is -0.220. The Balaban J connectivity index is 2.38. The van der Waals surface area contributed by atoms with Crippen molar-refractivity contribution in [2.45, 2.75) is 18.9 Å². The molecule has 0 aliphatic carbocycles. The highest BCUT2D eigenvalue weighted by molar-refractivity contribution is 7.80. The van der Waals surface area contributed by atoms with Gasteiger partial charge in [-0.05, 0) is 25.8 Å². The number of likely N-dealkylation sites (tertiary alicyclic amines) is 1. The van der Waals surface area contributed by atoms with Crippen molar-refractivity contribution in [2.24, 2.45) is 0 Å². The van der Waals surface area contributed by atoms with Gasteiger partial charge in [-0.25, -0.2) is 0 Å². The zero-order valence-corrected chi connectivity index (χ0v) is 9.26. The molecule has 3 nitrogen and oxygen atoms in total. The Morgan fingerprint density at radius 3 is 2.85 bits per heavy atom. The standard InChI is InChI=1S/C9H18N2OS/c1-10-5-3-8(7-10)11(2)9(12)4-6-13/h8,13H,3-7H2,1-2H3. The third-order valence-corrected chi connectivity index (χ3v) is 2.86. The Morgan fingerprint density at radius 1 is 1.69 bits per heavy atom. The van der Waals surface area contributed by atoms with Gasteiger partial charge in [-0.15, -0.1) is 0 Å². The van der Waals surface area contributed by atoms with Crippen LogP contribution in [0.4, 0.5) is 0 Å². The van der Waals surface area contributed by atoms with E-state index in [1.807, 2.05) is 11.9 Å². The lowest BCUT2D eigenvalue weighted by Crippen LogP contribution is -2.38. The van der Waals surface area contributed by atoms with Gasteiger partial charge in [0.15, 0.2) is 0 Å². The maximum Gasteiger partial charge on any atom is 0.223 e. The number of carbonyl (C=O) groups excluding carboxylic acids is 1. The van der Waals surface area contributed by atoms with Crippen LogP contribution in [0.5, 0.6) is 0 Å². The summed E-state index contributed by atoms with van der Waals surface area (Å²) in [5.41, 5.74) is 0. The van der Waals surface area contributed by atoms with Crippen molar-refractivity contribution in [3.8, 4) is 0 Å². The van der Waals surface area contributed by atoms with Crippen molar-refractivity contribution in [1.29, 1.82) is 0 Å². The Morgan fingerprint density at radius 2 is 2.38 bits per heavy atom. The molecule has 0 N–H and O–H groups in total. The van der Waals surface area contributed by atoms with Crippen molar-refractivity contribution in [2.75, 3.05) is 32.9 Å². The Kier molecular flexibility index (Phi) is 4.06. The fourth-order valence-electron chi connectivity index (χ4n) is 1.70. The number of rotatable bonds is 3. The van der Waals surface area contributed by atoms with Gasteiger partial charge in [0.2, 0.25) is 5.91 Å². The van der Waals surface area contributed by atoms with Crippen LogP contribution in [0.15, 0.2) is 0 Å². The zero-order valence-electron chi connectivity index (χ0n) is 8.36. The number of carbonyl (C=O) groups is 1. The number of thiol groups is 1. The fourth-order valence-corrected chi connectivity index (χ4v) is 1.89. The normalized spacial score (nSPS) is 23.5. The van der Waals surface area contributed by atoms with E-state index in [1.165, 1.54) is 0 Å². The van der Waals surface area contributed by atoms with Gasteiger partial charge in [-0.1, -0.05) is 0 Å². The predicted octanol–water partition coefficient (Wildman–Crippen LogP) is 0.469. The summed E-state index contributed by atoms with van der Waals surface area (Å²) in [6, 6.07) is 0.414. The van der Waals surface area contributed by atoms with Crippen LogP contribution in [-0.4, -0.2) is 54.7 Å². The van der Waals surface area contributed by atoms with Gasteiger partial charge in [0.25, 0.3) is 0 Å². The molecule has 0 bridgehead atoms. The van der Waals surface area contributed by atoms with E-state index in [1.54, 1.807) is 0 Å². The zero-order chi connectivity index (χ0) is 9.84.